The number of carbonyl (C=O) groups excluding carboxylic acids is 1. The van der Waals surface area contributed by atoms with Crippen molar-refractivity contribution in [3.63, 3.8) is 0 Å². The molecule has 1 aromatic heterocycles. The summed E-state index contributed by atoms with van der Waals surface area (Å²) in [7, 11) is 1.65. The summed E-state index contributed by atoms with van der Waals surface area (Å²) in [4.78, 5) is 25.4. The second-order valence-corrected chi connectivity index (χ2v) is 7.37. The van der Waals surface area contributed by atoms with Crippen molar-refractivity contribution in [2.24, 2.45) is 5.41 Å². The lowest BCUT2D eigenvalue weighted by Crippen LogP contribution is -2.64. The number of methoxy groups -OCH3 is 1. The minimum Gasteiger partial charge on any atom is -0.497 e. The average molecular weight is 352 g/mol. The molecule has 2 fully saturated rings. The highest BCUT2D eigenvalue weighted by Crippen LogP contribution is 2.40. The molecule has 0 N–H and O–H groups in total. The third kappa shape index (κ3) is 3.36. The van der Waals surface area contributed by atoms with Gasteiger partial charge in [-0.25, -0.2) is 9.97 Å². The van der Waals surface area contributed by atoms with Crippen LogP contribution in [0.15, 0.2) is 42.9 Å². The largest absolute Gasteiger partial charge is 0.497 e. The van der Waals surface area contributed by atoms with Crippen LogP contribution in [0.3, 0.4) is 0 Å². The van der Waals surface area contributed by atoms with Gasteiger partial charge >= 0.3 is 0 Å². The van der Waals surface area contributed by atoms with E-state index in [1.54, 1.807) is 19.6 Å². The monoisotopic (exact) mass is 352 g/mol. The first-order valence-corrected chi connectivity index (χ1v) is 9.09. The molecule has 0 bridgehead atoms. The number of carbonyl (C=O) groups is 1. The fourth-order valence-electron chi connectivity index (χ4n) is 4.14. The normalized spacial score (nSPS) is 18.5. The molecule has 0 unspecified atom stereocenters. The number of benzene rings is 1. The minimum atomic E-state index is 0.206. The van der Waals surface area contributed by atoms with Crippen molar-refractivity contribution in [1.82, 2.24) is 14.9 Å². The highest BCUT2D eigenvalue weighted by Gasteiger charge is 2.46. The van der Waals surface area contributed by atoms with Crippen molar-refractivity contribution in [3.8, 4) is 5.75 Å². The third-order valence-corrected chi connectivity index (χ3v) is 5.45. The SMILES string of the molecule is COc1cccc(CC(=O)N2CCCC3(C2)CN(c2ccncn2)C3)c1. The topological polar surface area (TPSA) is 58.6 Å². The smallest absolute Gasteiger partial charge is 0.227 e. The highest BCUT2D eigenvalue weighted by molar-refractivity contribution is 5.79. The summed E-state index contributed by atoms with van der Waals surface area (Å²) in [6, 6.07) is 9.71. The van der Waals surface area contributed by atoms with Crippen LogP contribution in [0.2, 0.25) is 0 Å². The predicted octanol–water partition coefficient (Wildman–Crippen LogP) is 2.16. The Kier molecular flexibility index (Phi) is 4.49. The molecule has 6 heteroatoms. The minimum absolute atomic E-state index is 0.206. The van der Waals surface area contributed by atoms with Crippen LogP contribution < -0.4 is 9.64 Å². The van der Waals surface area contributed by atoms with Gasteiger partial charge in [0.25, 0.3) is 0 Å². The van der Waals surface area contributed by atoms with E-state index in [0.29, 0.717) is 6.42 Å². The first-order chi connectivity index (χ1) is 12.7. The highest BCUT2D eigenvalue weighted by atomic mass is 16.5. The van der Waals surface area contributed by atoms with Gasteiger partial charge in [0.1, 0.15) is 17.9 Å². The van der Waals surface area contributed by atoms with E-state index in [1.807, 2.05) is 35.2 Å². The van der Waals surface area contributed by atoms with Crippen LogP contribution in [-0.4, -0.2) is 54.1 Å². The molecule has 0 atom stereocenters. The first-order valence-electron chi connectivity index (χ1n) is 9.09. The Morgan fingerprint density at radius 1 is 1.27 bits per heavy atom. The fraction of sp³-hybridized carbons (Fsp3) is 0.450. The molecule has 2 aromatic rings. The molecular weight excluding hydrogens is 328 g/mol. The van der Waals surface area contributed by atoms with E-state index < -0.39 is 0 Å². The Balaban J connectivity index is 1.37. The zero-order valence-corrected chi connectivity index (χ0v) is 15.1. The Bertz CT molecular complexity index is 774. The van der Waals surface area contributed by atoms with E-state index in [-0.39, 0.29) is 11.3 Å². The number of likely N-dealkylation sites (tertiary alicyclic amines) is 1. The second-order valence-electron chi connectivity index (χ2n) is 7.37. The molecule has 26 heavy (non-hydrogen) atoms. The number of piperidine rings is 1. The van der Waals surface area contributed by atoms with Gasteiger partial charge in [0.05, 0.1) is 13.5 Å². The van der Waals surface area contributed by atoms with Crippen molar-refractivity contribution in [3.05, 3.63) is 48.4 Å². The van der Waals surface area contributed by atoms with Crippen molar-refractivity contribution in [2.75, 3.05) is 38.2 Å². The zero-order valence-electron chi connectivity index (χ0n) is 15.1. The molecule has 2 aliphatic rings. The van der Waals surface area contributed by atoms with Crippen LogP contribution in [-0.2, 0) is 11.2 Å². The molecule has 0 aliphatic carbocycles. The van der Waals surface area contributed by atoms with E-state index >= 15 is 0 Å². The van der Waals surface area contributed by atoms with Gasteiger partial charge in [-0.1, -0.05) is 12.1 Å². The van der Waals surface area contributed by atoms with Crippen molar-refractivity contribution in [1.29, 1.82) is 0 Å². The molecule has 1 amide bonds. The van der Waals surface area contributed by atoms with Gasteiger partial charge in [0.2, 0.25) is 5.91 Å². The Morgan fingerprint density at radius 2 is 2.15 bits per heavy atom. The van der Waals surface area contributed by atoms with Crippen LogP contribution >= 0.6 is 0 Å². The van der Waals surface area contributed by atoms with Gasteiger partial charge in [-0.2, -0.15) is 0 Å². The van der Waals surface area contributed by atoms with Gasteiger partial charge in [-0.05, 0) is 36.6 Å². The number of ether oxygens (including phenoxy) is 1. The van der Waals surface area contributed by atoms with E-state index in [0.717, 1.165) is 49.7 Å². The summed E-state index contributed by atoms with van der Waals surface area (Å²) in [5.74, 6) is 1.98. The molecule has 2 saturated heterocycles. The van der Waals surface area contributed by atoms with Gasteiger partial charge in [-0.15, -0.1) is 0 Å². The molecule has 4 rings (SSSR count). The van der Waals surface area contributed by atoms with E-state index in [1.165, 1.54) is 6.42 Å². The van der Waals surface area contributed by atoms with Crippen LogP contribution in [0.4, 0.5) is 5.82 Å². The molecule has 0 radical (unpaired) electrons. The molecule has 136 valence electrons. The third-order valence-electron chi connectivity index (χ3n) is 5.45. The maximum absolute atomic E-state index is 12.8. The van der Waals surface area contributed by atoms with Gasteiger partial charge < -0.3 is 14.5 Å². The number of rotatable bonds is 4. The summed E-state index contributed by atoms with van der Waals surface area (Å²) in [6.07, 6.45) is 6.05. The maximum atomic E-state index is 12.8. The number of amides is 1. The van der Waals surface area contributed by atoms with Crippen molar-refractivity contribution >= 4 is 11.7 Å². The molecule has 1 spiro atoms. The Labute approximate surface area is 153 Å². The summed E-state index contributed by atoms with van der Waals surface area (Å²) in [5.41, 5.74) is 1.22. The van der Waals surface area contributed by atoms with Crippen molar-refractivity contribution in [2.45, 2.75) is 19.3 Å². The Morgan fingerprint density at radius 3 is 2.92 bits per heavy atom. The lowest BCUT2D eigenvalue weighted by Gasteiger charge is -2.55. The van der Waals surface area contributed by atoms with E-state index in [2.05, 4.69) is 14.9 Å². The quantitative estimate of drug-likeness (QED) is 0.844. The lowest BCUT2D eigenvalue weighted by atomic mass is 9.73. The Hall–Kier alpha value is -2.63. The van der Waals surface area contributed by atoms with Gasteiger partial charge in [-0.3, -0.25) is 4.79 Å². The molecular formula is C20H24N4O2. The number of hydrogen-bond acceptors (Lipinski definition) is 5. The summed E-state index contributed by atoms with van der Waals surface area (Å²) >= 11 is 0. The second kappa shape index (κ2) is 6.94. The number of aromatic nitrogens is 2. The summed E-state index contributed by atoms with van der Waals surface area (Å²) < 4.78 is 5.25. The predicted molar refractivity (Wildman–Crippen MR) is 99.2 cm³/mol. The summed E-state index contributed by atoms with van der Waals surface area (Å²) in [5, 5.41) is 0. The maximum Gasteiger partial charge on any atom is 0.227 e. The fourth-order valence-corrected chi connectivity index (χ4v) is 4.14. The van der Waals surface area contributed by atoms with Crippen LogP contribution in [0.25, 0.3) is 0 Å². The number of anilines is 1. The zero-order chi connectivity index (χ0) is 18.0. The number of hydrogen-bond donors (Lipinski definition) is 0. The van der Waals surface area contributed by atoms with Gasteiger partial charge in [0.15, 0.2) is 0 Å². The summed E-state index contributed by atoms with van der Waals surface area (Å²) in [6.45, 7) is 3.63. The molecule has 1 aromatic carbocycles. The molecule has 3 heterocycles. The van der Waals surface area contributed by atoms with Crippen molar-refractivity contribution < 1.29 is 9.53 Å². The van der Waals surface area contributed by atoms with Crippen LogP contribution in [0.1, 0.15) is 18.4 Å². The van der Waals surface area contributed by atoms with E-state index in [4.69, 9.17) is 4.74 Å². The standard InChI is InChI=1S/C20H24N4O2/c1-26-17-5-2-4-16(10-17)11-19(25)23-9-3-7-20(12-23)13-24(14-20)18-6-8-21-15-22-18/h2,4-6,8,10,15H,3,7,9,11-14H2,1H3. The van der Waals surface area contributed by atoms with Crippen LogP contribution in [0.5, 0.6) is 5.75 Å². The number of nitrogens with zero attached hydrogens (tertiary/aromatic N) is 4. The average Bonchev–Trinajstić information content (AvgIpc) is 2.67. The molecule has 2 aliphatic heterocycles. The van der Waals surface area contributed by atoms with Crippen LogP contribution in [0, 0.1) is 5.41 Å². The van der Waals surface area contributed by atoms with E-state index in [9.17, 15) is 4.79 Å². The lowest BCUT2D eigenvalue weighted by molar-refractivity contribution is -0.134. The molecule has 0 saturated carbocycles. The first kappa shape index (κ1) is 16.8. The molecule has 6 nitrogen and oxygen atoms in total. The van der Waals surface area contributed by atoms with Gasteiger partial charge in [0, 0.05) is 37.8 Å².